The fourth-order valence-corrected chi connectivity index (χ4v) is 1.19. The Kier molecular flexibility index (Phi) is 3.33. The van der Waals surface area contributed by atoms with Gasteiger partial charge in [0.25, 0.3) is 0 Å². The van der Waals surface area contributed by atoms with Crippen LogP contribution < -0.4 is 9.47 Å². The van der Waals surface area contributed by atoms with Gasteiger partial charge in [0, 0.05) is 18.3 Å². The molecule has 4 heteroatoms. The van der Waals surface area contributed by atoms with Gasteiger partial charge in [0.05, 0.1) is 19.0 Å². The minimum absolute atomic E-state index is 0.374. The van der Waals surface area contributed by atoms with E-state index in [0.717, 1.165) is 5.69 Å². The van der Waals surface area contributed by atoms with Crippen molar-refractivity contribution in [2.45, 2.75) is 6.61 Å². The maximum absolute atomic E-state index is 5.46. The van der Waals surface area contributed by atoms with Crippen LogP contribution >= 0.6 is 0 Å². The lowest BCUT2D eigenvalue weighted by molar-refractivity contribution is 0.296. The molecule has 0 aromatic carbocycles. The highest BCUT2D eigenvalue weighted by Crippen LogP contribution is 2.10. The molecule has 2 heterocycles. The van der Waals surface area contributed by atoms with Gasteiger partial charge in [0.15, 0.2) is 0 Å². The van der Waals surface area contributed by atoms with Crippen LogP contribution in [0.3, 0.4) is 0 Å². The molecule has 0 aliphatic heterocycles. The van der Waals surface area contributed by atoms with E-state index in [1.165, 1.54) is 0 Å². The summed E-state index contributed by atoms with van der Waals surface area (Å²) < 4.78 is 10.5. The minimum Gasteiger partial charge on any atom is -0.485 e. The molecule has 0 N–H and O–H groups in total. The van der Waals surface area contributed by atoms with Gasteiger partial charge >= 0.3 is 0 Å². The lowest BCUT2D eigenvalue weighted by Gasteiger charge is -2.05. The standard InChI is InChI=1S/C12H11N2O2/c1-15-12-6-2-4-10(14-12)9-16-11-5-3-7-13-8-11/h2-4,6-8H,9H2,1H3. The lowest BCUT2D eigenvalue weighted by atomic mass is 10.3. The first-order valence-corrected chi connectivity index (χ1v) is 4.83. The van der Waals surface area contributed by atoms with Crippen molar-refractivity contribution in [1.82, 2.24) is 9.97 Å². The Morgan fingerprint density at radius 2 is 2.31 bits per heavy atom. The quantitative estimate of drug-likeness (QED) is 0.780. The zero-order valence-corrected chi connectivity index (χ0v) is 8.88. The van der Waals surface area contributed by atoms with E-state index in [0.29, 0.717) is 18.2 Å². The van der Waals surface area contributed by atoms with Crippen LogP contribution in [0.4, 0.5) is 0 Å². The fourth-order valence-electron chi connectivity index (χ4n) is 1.19. The number of hydrogen-bond donors (Lipinski definition) is 0. The van der Waals surface area contributed by atoms with E-state index in [-0.39, 0.29) is 0 Å². The maximum Gasteiger partial charge on any atom is 0.213 e. The molecular weight excluding hydrogens is 204 g/mol. The largest absolute Gasteiger partial charge is 0.485 e. The number of pyridine rings is 2. The first kappa shape index (κ1) is 10.4. The zero-order valence-electron chi connectivity index (χ0n) is 8.88. The molecule has 2 aromatic heterocycles. The third kappa shape index (κ3) is 2.70. The molecule has 4 nitrogen and oxygen atoms in total. The molecule has 16 heavy (non-hydrogen) atoms. The summed E-state index contributed by atoms with van der Waals surface area (Å²) in [6, 6.07) is 10.2. The molecule has 0 saturated heterocycles. The summed E-state index contributed by atoms with van der Waals surface area (Å²) >= 11 is 0. The van der Waals surface area contributed by atoms with Crippen LogP contribution in [0.5, 0.6) is 11.6 Å². The molecule has 0 spiro atoms. The smallest absolute Gasteiger partial charge is 0.213 e. The second kappa shape index (κ2) is 5.11. The van der Waals surface area contributed by atoms with Crippen LogP contribution in [0.1, 0.15) is 5.69 Å². The SMILES string of the molecule is COc1cccc(COc2[c]ccnc2)n1. The Balaban J connectivity index is 1.99. The van der Waals surface area contributed by atoms with E-state index >= 15 is 0 Å². The van der Waals surface area contributed by atoms with Crippen LogP contribution in [0.25, 0.3) is 0 Å². The summed E-state index contributed by atoms with van der Waals surface area (Å²) in [6.45, 7) is 0.374. The van der Waals surface area contributed by atoms with Crippen molar-refractivity contribution >= 4 is 0 Å². The second-order valence-corrected chi connectivity index (χ2v) is 3.06. The Hall–Kier alpha value is -2.10. The van der Waals surface area contributed by atoms with E-state index in [1.54, 1.807) is 31.6 Å². The van der Waals surface area contributed by atoms with Crippen LogP contribution in [0.15, 0.2) is 36.7 Å². The number of methoxy groups -OCH3 is 1. The molecule has 0 aliphatic carbocycles. The summed E-state index contributed by atoms with van der Waals surface area (Å²) in [7, 11) is 1.59. The van der Waals surface area contributed by atoms with Crippen LogP contribution in [0.2, 0.25) is 0 Å². The molecule has 0 saturated carbocycles. The first-order chi connectivity index (χ1) is 7.88. The molecule has 0 aliphatic rings. The maximum atomic E-state index is 5.46. The van der Waals surface area contributed by atoms with E-state index in [4.69, 9.17) is 9.47 Å². The summed E-state index contributed by atoms with van der Waals surface area (Å²) in [5.41, 5.74) is 0.802. The van der Waals surface area contributed by atoms with E-state index in [9.17, 15) is 0 Å². The number of rotatable bonds is 4. The molecule has 2 rings (SSSR count). The van der Waals surface area contributed by atoms with Crippen molar-refractivity contribution in [3.63, 3.8) is 0 Å². The van der Waals surface area contributed by atoms with Crippen molar-refractivity contribution in [3.8, 4) is 11.6 Å². The zero-order chi connectivity index (χ0) is 11.2. The Labute approximate surface area is 93.9 Å². The predicted molar refractivity (Wildman–Crippen MR) is 58.2 cm³/mol. The molecule has 0 bridgehead atoms. The number of hydrogen-bond acceptors (Lipinski definition) is 4. The summed E-state index contributed by atoms with van der Waals surface area (Å²) in [4.78, 5) is 8.15. The molecular formula is C12H11N2O2. The van der Waals surface area contributed by atoms with Crippen LogP contribution in [-0.2, 0) is 6.61 Å². The van der Waals surface area contributed by atoms with Gasteiger partial charge in [-0.2, -0.15) is 0 Å². The highest BCUT2D eigenvalue weighted by Gasteiger charge is 1.99. The number of nitrogens with zero attached hydrogens (tertiary/aromatic N) is 2. The average molecular weight is 215 g/mol. The van der Waals surface area contributed by atoms with Crippen LogP contribution in [-0.4, -0.2) is 17.1 Å². The van der Waals surface area contributed by atoms with Gasteiger partial charge in [-0.15, -0.1) is 0 Å². The van der Waals surface area contributed by atoms with Gasteiger partial charge in [0.2, 0.25) is 5.88 Å². The van der Waals surface area contributed by atoms with Gasteiger partial charge in [0.1, 0.15) is 12.4 Å². The third-order valence-electron chi connectivity index (χ3n) is 1.94. The lowest BCUT2D eigenvalue weighted by Crippen LogP contribution is -1.99. The minimum atomic E-state index is 0.374. The third-order valence-corrected chi connectivity index (χ3v) is 1.94. The van der Waals surface area contributed by atoms with E-state index in [2.05, 4.69) is 16.0 Å². The molecule has 0 atom stereocenters. The number of aromatic nitrogens is 2. The Morgan fingerprint density at radius 3 is 3.06 bits per heavy atom. The molecule has 81 valence electrons. The molecule has 0 amide bonds. The highest BCUT2D eigenvalue weighted by molar-refractivity contribution is 5.17. The van der Waals surface area contributed by atoms with Gasteiger partial charge < -0.3 is 9.47 Å². The fraction of sp³-hybridized carbons (Fsp3) is 0.167. The van der Waals surface area contributed by atoms with E-state index in [1.807, 2.05) is 12.1 Å². The highest BCUT2D eigenvalue weighted by atomic mass is 16.5. The van der Waals surface area contributed by atoms with Crippen molar-refractivity contribution in [1.29, 1.82) is 0 Å². The molecule has 0 fully saturated rings. The van der Waals surface area contributed by atoms with E-state index < -0.39 is 0 Å². The summed E-state index contributed by atoms with van der Waals surface area (Å²) in [6.07, 6.45) is 3.26. The van der Waals surface area contributed by atoms with Crippen molar-refractivity contribution in [3.05, 3.63) is 48.4 Å². The molecule has 1 radical (unpaired) electrons. The average Bonchev–Trinajstić information content (AvgIpc) is 2.38. The normalized spacial score (nSPS) is 9.81. The van der Waals surface area contributed by atoms with Crippen molar-refractivity contribution < 1.29 is 9.47 Å². The molecule has 2 aromatic rings. The predicted octanol–water partition coefficient (Wildman–Crippen LogP) is 1.86. The summed E-state index contributed by atoms with van der Waals surface area (Å²) in [5, 5.41) is 0. The van der Waals surface area contributed by atoms with Gasteiger partial charge in [-0.05, 0) is 12.1 Å². The monoisotopic (exact) mass is 215 g/mol. The van der Waals surface area contributed by atoms with Crippen LogP contribution in [0, 0.1) is 6.07 Å². The Morgan fingerprint density at radius 1 is 1.38 bits per heavy atom. The second-order valence-electron chi connectivity index (χ2n) is 3.06. The van der Waals surface area contributed by atoms with Crippen molar-refractivity contribution in [2.75, 3.05) is 7.11 Å². The van der Waals surface area contributed by atoms with Crippen molar-refractivity contribution in [2.24, 2.45) is 0 Å². The Bertz CT molecular complexity index is 446. The first-order valence-electron chi connectivity index (χ1n) is 4.83. The number of ether oxygens (including phenoxy) is 2. The van der Waals surface area contributed by atoms with Gasteiger partial charge in [-0.3, -0.25) is 4.98 Å². The summed E-state index contributed by atoms with van der Waals surface area (Å²) in [5.74, 6) is 1.18. The van der Waals surface area contributed by atoms with Gasteiger partial charge in [-0.1, -0.05) is 6.07 Å². The topological polar surface area (TPSA) is 44.2 Å². The molecule has 0 unspecified atom stereocenters. The van der Waals surface area contributed by atoms with Gasteiger partial charge in [-0.25, -0.2) is 4.98 Å².